The Kier molecular flexibility index (Phi) is 5.02. The predicted octanol–water partition coefficient (Wildman–Crippen LogP) is -0.147. The first-order valence-corrected chi connectivity index (χ1v) is 9.25. The molecule has 2 aromatic carbocycles. The lowest BCUT2D eigenvalue weighted by Gasteiger charge is -2.11. The number of nitrogens with one attached hydrogen (secondary N) is 2. The Morgan fingerprint density at radius 3 is 2.47 bits per heavy atom. The average Bonchev–Trinajstić information content (AvgIpc) is 3.16. The van der Waals surface area contributed by atoms with Gasteiger partial charge in [-0.2, -0.15) is 4.98 Å². The molecule has 162 valence electrons. The molecule has 32 heavy (non-hydrogen) atoms. The minimum Gasteiger partial charge on any atom is -0.492 e. The van der Waals surface area contributed by atoms with Crippen LogP contribution in [0.2, 0.25) is 0 Å². The highest BCUT2D eigenvalue weighted by Gasteiger charge is 2.19. The Hall–Kier alpha value is -4.74. The van der Waals surface area contributed by atoms with E-state index in [1.807, 2.05) is 0 Å². The van der Waals surface area contributed by atoms with E-state index in [0.29, 0.717) is 0 Å². The Labute approximate surface area is 178 Å². The molecule has 0 aliphatic rings. The second-order valence-corrected chi connectivity index (χ2v) is 6.90. The number of amides is 1. The van der Waals surface area contributed by atoms with Gasteiger partial charge in [0, 0.05) is 19.2 Å². The van der Waals surface area contributed by atoms with Crippen LogP contribution in [0.15, 0.2) is 46.1 Å². The molecule has 4 rings (SSSR count). The van der Waals surface area contributed by atoms with Crippen LogP contribution >= 0.6 is 0 Å². The fraction of sp³-hybridized carbons (Fsp3) is 0.100. The van der Waals surface area contributed by atoms with Crippen LogP contribution in [0, 0.1) is 0 Å². The lowest BCUT2D eigenvalue weighted by atomic mass is 10.1. The molecule has 0 saturated carbocycles. The third kappa shape index (κ3) is 3.71. The Balaban J connectivity index is 1.45. The van der Waals surface area contributed by atoms with Crippen molar-refractivity contribution < 1.29 is 19.8 Å². The molecule has 0 bridgehead atoms. The number of carboxylic acids is 1. The summed E-state index contributed by atoms with van der Waals surface area (Å²) in [6, 6.07) is 8.17. The number of hydrogen-bond donors (Lipinski definition) is 5. The first kappa shape index (κ1) is 20.5. The normalized spacial score (nSPS) is 11.0. The zero-order valence-corrected chi connectivity index (χ0v) is 16.3. The molecule has 0 spiro atoms. The summed E-state index contributed by atoms with van der Waals surface area (Å²) in [5, 5.41) is 24.3. The standard InChI is InChI=1S/C20H16N6O6/c21-14-15(17(29)16(14)28)22-6-9-2-1-3-10(4-9)7-23-18(30)11-5-12(19(31)32)26-8-13(27)25-20(26)24-11/h1-5,8,22,27H,6-7,21H2,(H,23,30)(H,31,32). The van der Waals surface area contributed by atoms with Gasteiger partial charge in [-0.05, 0) is 11.1 Å². The number of nitrogen functional groups attached to an aromatic ring is 1. The van der Waals surface area contributed by atoms with Gasteiger partial charge >= 0.3 is 5.97 Å². The minimum atomic E-state index is -1.31. The van der Waals surface area contributed by atoms with Crippen molar-refractivity contribution >= 4 is 29.0 Å². The van der Waals surface area contributed by atoms with E-state index in [9.17, 15) is 29.4 Å². The van der Waals surface area contributed by atoms with Crippen LogP contribution in [0.25, 0.3) is 5.78 Å². The number of imidazole rings is 1. The number of aromatic carboxylic acids is 1. The minimum absolute atomic E-state index is 0.0885. The number of fused-ring (bicyclic) bond motifs is 1. The SMILES string of the molecule is Nc1c(NCc2cccc(CNC(=O)c3cc(C(=O)O)n4cc(O)nc4n3)c2)c(=O)c1=O. The van der Waals surface area contributed by atoms with E-state index in [1.165, 1.54) is 0 Å². The second kappa shape index (κ2) is 7.83. The van der Waals surface area contributed by atoms with Crippen molar-refractivity contribution in [3.8, 4) is 5.88 Å². The predicted molar refractivity (Wildman–Crippen MR) is 112 cm³/mol. The molecule has 2 heterocycles. The molecule has 0 saturated heterocycles. The monoisotopic (exact) mass is 436 g/mol. The van der Waals surface area contributed by atoms with Crippen molar-refractivity contribution in [3.05, 3.63) is 79.5 Å². The summed E-state index contributed by atoms with van der Waals surface area (Å²) in [6.07, 6.45) is 1.09. The molecule has 2 aromatic heterocycles. The molecule has 0 aliphatic carbocycles. The molecule has 6 N–H and O–H groups in total. The molecule has 1 amide bonds. The summed E-state index contributed by atoms with van der Waals surface area (Å²) < 4.78 is 1.06. The van der Waals surface area contributed by atoms with Gasteiger partial charge in [0.1, 0.15) is 22.8 Å². The number of carbonyl (C=O) groups is 2. The number of carbonyl (C=O) groups excluding carboxylic acids is 1. The first-order valence-electron chi connectivity index (χ1n) is 9.25. The Bertz CT molecular complexity index is 1450. The molecule has 0 fully saturated rings. The Morgan fingerprint density at radius 2 is 1.78 bits per heavy atom. The number of anilines is 2. The number of hydrogen-bond acceptors (Lipinski definition) is 9. The third-order valence-corrected chi connectivity index (χ3v) is 4.74. The number of rotatable bonds is 7. The lowest BCUT2D eigenvalue weighted by molar-refractivity contribution is 0.0688. The lowest BCUT2D eigenvalue weighted by Crippen LogP contribution is -2.36. The number of nitrogens with two attached hydrogens (primary N) is 1. The van der Waals surface area contributed by atoms with Crippen LogP contribution in [0.3, 0.4) is 0 Å². The quantitative estimate of drug-likeness (QED) is 0.244. The zero-order chi connectivity index (χ0) is 23.0. The van der Waals surface area contributed by atoms with Crippen LogP contribution in [0.4, 0.5) is 11.4 Å². The van der Waals surface area contributed by atoms with E-state index < -0.39 is 28.6 Å². The maximum atomic E-state index is 12.5. The van der Waals surface area contributed by atoms with E-state index in [4.69, 9.17) is 5.73 Å². The average molecular weight is 436 g/mol. The van der Waals surface area contributed by atoms with E-state index in [0.717, 1.165) is 27.8 Å². The number of benzene rings is 1. The van der Waals surface area contributed by atoms with Gasteiger partial charge in [-0.15, -0.1) is 0 Å². The van der Waals surface area contributed by atoms with Crippen LogP contribution in [-0.4, -0.2) is 36.5 Å². The first-order chi connectivity index (χ1) is 15.2. The van der Waals surface area contributed by atoms with E-state index in [2.05, 4.69) is 20.6 Å². The van der Waals surface area contributed by atoms with Crippen molar-refractivity contribution in [1.82, 2.24) is 19.7 Å². The zero-order valence-electron chi connectivity index (χ0n) is 16.3. The highest BCUT2D eigenvalue weighted by Crippen LogP contribution is 2.15. The summed E-state index contributed by atoms with van der Waals surface area (Å²) in [7, 11) is 0. The van der Waals surface area contributed by atoms with Crippen LogP contribution in [0.1, 0.15) is 32.1 Å². The highest BCUT2D eigenvalue weighted by molar-refractivity contribution is 5.95. The molecule has 4 aromatic rings. The summed E-state index contributed by atoms with van der Waals surface area (Å²) in [5.74, 6) is -2.49. The molecule has 12 heteroatoms. The van der Waals surface area contributed by atoms with Crippen molar-refractivity contribution in [1.29, 1.82) is 0 Å². The van der Waals surface area contributed by atoms with Crippen molar-refractivity contribution in [2.24, 2.45) is 0 Å². The largest absolute Gasteiger partial charge is 0.492 e. The van der Waals surface area contributed by atoms with Gasteiger partial charge in [0.2, 0.25) is 11.7 Å². The fourth-order valence-electron chi connectivity index (χ4n) is 3.13. The van der Waals surface area contributed by atoms with Crippen LogP contribution < -0.4 is 27.2 Å². The van der Waals surface area contributed by atoms with Gasteiger partial charge in [0.05, 0.1) is 6.20 Å². The van der Waals surface area contributed by atoms with E-state index >= 15 is 0 Å². The molecule has 0 aliphatic heterocycles. The van der Waals surface area contributed by atoms with Gasteiger partial charge in [0.25, 0.3) is 16.8 Å². The molecular weight excluding hydrogens is 420 g/mol. The smallest absolute Gasteiger partial charge is 0.353 e. The number of aromatic nitrogens is 3. The van der Waals surface area contributed by atoms with Gasteiger partial charge in [-0.25, -0.2) is 9.78 Å². The van der Waals surface area contributed by atoms with E-state index in [-0.39, 0.29) is 41.6 Å². The molecule has 0 atom stereocenters. The number of nitrogens with zero attached hydrogens (tertiary/aromatic N) is 3. The second-order valence-electron chi connectivity index (χ2n) is 6.90. The summed E-state index contributed by atoms with van der Waals surface area (Å²) in [4.78, 5) is 54.3. The molecule has 12 nitrogen and oxygen atoms in total. The van der Waals surface area contributed by atoms with Gasteiger partial charge in [-0.1, -0.05) is 24.3 Å². The van der Waals surface area contributed by atoms with Crippen LogP contribution in [-0.2, 0) is 13.1 Å². The topological polar surface area (TPSA) is 189 Å². The molecule has 0 radical (unpaired) electrons. The fourth-order valence-corrected chi connectivity index (χ4v) is 3.13. The van der Waals surface area contributed by atoms with Crippen molar-refractivity contribution in [2.75, 3.05) is 11.1 Å². The maximum absolute atomic E-state index is 12.5. The Morgan fingerprint density at radius 1 is 1.06 bits per heavy atom. The van der Waals surface area contributed by atoms with Gasteiger partial charge in [0.15, 0.2) is 0 Å². The third-order valence-electron chi connectivity index (χ3n) is 4.74. The summed E-state index contributed by atoms with van der Waals surface area (Å²) in [5.41, 5.74) is 5.20. The van der Waals surface area contributed by atoms with Crippen molar-refractivity contribution in [2.45, 2.75) is 13.1 Å². The number of aromatic hydroxyl groups is 1. The van der Waals surface area contributed by atoms with Gasteiger partial charge < -0.3 is 26.6 Å². The molecule has 0 unspecified atom stereocenters. The molecular formula is C20H16N6O6. The van der Waals surface area contributed by atoms with Gasteiger partial charge in [-0.3, -0.25) is 18.8 Å². The van der Waals surface area contributed by atoms with Crippen LogP contribution in [0.5, 0.6) is 5.88 Å². The summed E-state index contributed by atoms with van der Waals surface area (Å²) >= 11 is 0. The summed E-state index contributed by atoms with van der Waals surface area (Å²) in [6.45, 7) is 0.365. The van der Waals surface area contributed by atoms with Crippen molar-refractivity contribution in [3.63, 3.8) is 0 Å². The maximum Gasteiger partial charge on any atom is 0.353 e. The highest BCUT2D eigenvalue weighted by atomic mass is 16.4. The number of carboxylic acid groups (broad SMARTS) is 1. The van der Waals surface area contributed by atoms with E-state index in [1.54, 1.807) is 24.3 Å².